The third-order valence-electron chi connectivity index (χ3n) is 3.79. The lowest BCUT2D eigenvalue weighted by atomic mass is 10.0. The molecule has 0 spiro atoms. The molecule has 1 aromatic carbocycles. The van der Waals surface area contributed by atoms with E-state index in [1.807, 2.05) is 23.9 Å². The van der Waals surface area contributed by atoms with E-state index in [-0.39, 0.29) is 6.04 Å². The molecule has 1 fully saturated rings. The smallest absolute Gasteiger partial charge is 0.119 e. The number of rotatable bonds is 6. The molecule has 0 radical (unpaired) electrons. The van der Waals surface area contributed by atoms with E-state index in [0.29, 0.717) is 10.5 Å². The van der Waals surface area contributed by atoms with Gasteiger partial charge in [0.1, 0.15) is 5.75 Å². The van der Waals surface area contributed by atoms with Gasteiger partial charge in [0.15, 0.2) is 0 Å². The first kappa shape index (κ1) is 15.7. The van der Waals surface area contributed by atoms with Crippen LogP contribution in [-0.4, -0.2) is 31.6 Å². The number of ether oxygens (including phenoxy) is 2. The van der Waals surface area contributed by atoms with Gasteiger partial charge in [-0.2, -0.15) is 0 Å². The Bertz CT molecular complexity index is 407. The molecule has 4 heteroatoms. The number of thioether (sulfide) groups is 1. The fourth-order valence-corrected chi connectivity index (χ4v) is 4.06. The van der Waals surface area contributed by atoms with Crippen molar-refractivity contribution in [2.45, 2.75) is 42.7 Å². The van der Waals surface area contributed by atoms with Crippen molar-refractivity contribution in [3.8, 4) is 5.75 Å². The highest BCUT2D eigenvalue weighted by Crippen LogP contribution is 2.39. The van der Waals surface area contributed by atoms with E-state index >= 15 is 0 Å². The largest absolute Gasteiger partial charge is 0.497 e. The number of nitrogens with two attached hydrogens (primary N) is 1. The molecule has 0 bridgehead atoms. The highest BCUT2D eigenvalue weighted by molar-refractivity contribution is 8.00. The van der Waals surface area contributed by atoms with Crippen molar-refractivity contribution in [2.24, 2.45) is 5.73 Å². The fraction of sp³-hybridized carbons (Fsp3) is 0.625. The molecule has 2 unspecified atom stereocenters. The van der Waals surface area contributed by atoms with Crippen LogP contribution in [-0.2, 0) is 4.74 Å². The minimum Gasteiger partial charge on any atom is -0.497 e. The maximum absolute atomic E-state index is 6.37. The summed E-state index contributed by atoms with van der Waals surface area (Å²) in [4.78, 5) is 0. The van der Waals surface area contributed by atoms with Gasteiger partial charge in [0.05, 0.1) is 7.11 Å². The van der Waals surface area contributed by atoms with Gasteiger partial charge in [-0.3, -0.25) is 0 Å². The van der Waals surface area contributed by atoms with E-state index in [1.54, 1.807) is 7.11 Å². The van der Waals surface area contributed by atoms with Crippen molar-refractivity contribution < 1.29 is 9.47 Å². The predicted molar refractivity (Wildman–Crippen MR) is 85.4 cm³/mol. The first-order valence-electron chi connectivity index (χ1n) is 7.37. The molecule has 1 heterocycles. The summed E-state index contributed by atoms with van der Waals surface area (Å²) in [5.41, 5.74) is 7.64. The summed E-state index contributed by atoms with van der Waals surface area (Å²) in [5, 5.41) is 0.982. The number of methoxy groups -OCH3 is 1. The van der Waals surface area contributed by atoms with E-state index in [9.17, 15) is 0 Å². The van der Waals surface area contributed by atoms with Crippen LogP contribution < -0.4 is 10.5 Å². The molecule has 0 saturated carbocycles. The van der Waals surface area contributed by atoms with Crippen molar-refractivity contribution in [1.29, 1.82) is 0 Å². The van der Waals surface area contributed by atoms with Crippen molar-refractivity contribution in [2.75, 3.05) is 20.3 Å². The molecular weight excluding hydrogens is 270 g/mol. The third kappa shape index (κ3) is 4.14. The van der Waals surface area contributed by atoms with Crippen LogP contribution in [0.2, 0.25) is 0 Å². The molecule has 2 atom stereocenters. The van der Waals surface area contributed by atoms with E-state index in [1.165, 1.54) is 5.56 Å². The Labute approximate surface area is 126 Å². The molecule has 3 nitrogen and oxygen atoms in total. The molecule has 0 aromatic heterocycles. The Kier molecular flexibility index (Phi) is 6.20. The van der Waals surface area contributed by atoms with Gasteiger partial charge in [-0.1, -0.05) is 19.1 Å². The molecule has 0 aliphatic carbocycles. The molecule has 112 valence electrons. The number of benzene rings is 1. The number of hydrogen-bond acceptors (Lipinski definition) is 4. The molecular formula is C16H25NO2S. The van der Waals surface area contributed by atoms with Crippen molar-refractivity contribution in [3.05, 3.63) is 29.8 Å². The maximum Gasteiger partial charge on any atom is 0.119 e. The lowest BCUT2D eigenvalue weighted by Gasteiger charge is -2.30. The van der Waals surface area contributed by atoms with Crippen LogP contribution in [0.5, 0.6) is 5.75 Å². The Morgan fingerprint density at radius 3 is 2.80 bits per heavy atom. The third-order valence-corrected chi connectivity index (χ3v) is 5.56. The van der Waals surface area contributed by atoms with Gasteiger partial charge in [-0.25, -0.2) is 0 Å². The maximum atomic E-state index is 6.37. The van der Waals surface area contributed by atoms with Crippen LogP contribution in [0, 0.1) is 0 Å². The van der Waals surface area contributed by atoms with E-state index in [0.717, 1.165) is 38.2 Å². The quantitative estimate of drug-likeness (QED) is 0.874. The Morgan fingerprint density at radius 2 is 2.15 bits per heavy atom. The summed E-state index contributed by atoms with van der Waals surface area (Å²) >= 11 is 2.01. The molecule has 2 rings (SSSR count). The summed E-state index contributed by atoms with van der Waals surface area (Å²) < 4.78 is 10.8. The minimum absolute atomic E-state index is 0.176. The first-order chi connectivity index (χ1) is 9.74. The van der Waals surface area contributed by atoms with Gasteiger partial charge in [-0.15, -0.1) is 11.8 Å². The van der Waals surface area contributed by atoms with Crippen molar-refractivity contribution in [1.82, 2.24) is 0 Å². The van der Waals surface area contributed by atoms with Gasteiger partial charge in [0, 0.05) is 29.8 Å². The lowest BCUT2D eigenvalue weighted by molar-refractivity contribution is 0.0999. The molecule has 2 N–H and O–H groups in total. The summed E-state index contributed by atoms with van der Waals surface area (Å²) in [6.07, 6.45) is 3.24. The van der Waals surface area contributed by atoms with Crippen LogP contribution >= 0.6 is 11.8 Å². The van der Waals surface area contributed by atoms with Gasteiger partial charge >= 0.3 is 0 Å². The van der Waals surface area contributed by atoms with Crippen molar-refractivity contribution in [3.63, 3.8) is 0 Å². The molecule has 1 aliphatic rings. The average molecular weight is 295 g/mol. The first-order valence-corrected chi connectivity index (χ1v) is 8.31. The molecule has 1 aliphatic heterocycles. The Balaban J connectivity index is 2.13. The van der Waals surface area contributed by atoms with E-state index in [2.05, 4.69) is 19.1 Å². The zero-order valence-corrected chi connectivity index (χ0v) is 13.2. The fourth-order valence-electron chi connectivity index (χ4n) is 2.48. The lowest BCUT2D eigenvalue weighted by Crippen LogP contribution is -2.28. The average Bonchev–Trinajstić information content (AvgIpc) is 2.53. The second-order valence-electron chi connectivity index (χ2n) is 5.22. The number of hydrogen-bond donors (Lipinski definition) is 1. The molecule has 0 amide bonds. The minimum atomic E-state index is 0.176. The highest BCUT2D eigenvalue weighted by Gasteiger charge is 2.25. The van der Waals surface area contributed by atoms with Gasteiger partial charge < -0.3 is 15.2 Å². The van der Waals surface area contributed by atoms with Crippen LogP contribution in [0.1, 0.15) is 37.0 Å². The van der Waals surface area contributed by atoms with Crippen LogP contribution in [0.3, 0.4) is 0 Å². The zero-order chi connectivity index (χ0) is 14.4. The van der Waals surface area contributed by atoms with Gasteiger partial charge in [0.2, 0.25) is 0 Å². The predicted octanol–water partition coefficient (Wildman–Crippen LogP) is 3.39. The van der Waals surface area contributed by atoms with Gasteiger partial charge in [-0.05, 0) is 37.0 Å². The standard InChI is InChI=1S/C16H25NO2S/c1-3-15(17)16(20-14-7-9-19-10-8-14)12-5-4-6-13(11-12)18-2/h4-6,11,14-16H,3,7-10,17H2,1-2H3. The Hall–Kier alpha value is -0.710. The van der Waals surface area contributed by atoms with E-state index < -0.39 is 0 Å². The highest BCUT2D eigenvalue weighted by atomic mass is 32.2. The second-order valence-corrected chi connectivity index (χ2v) is 6.66. The monoisotopic (exact) mass is 295 g/mol. The van der Waals surface area contributed by atoms with Gasteiger partial charge in [0.25, 0.3) is 0 Å². The normalized spacial score (nSPS) is 19.6. The molecule has 1 aromatic rings. The second kappa shape index (κ2) is 7.91. The summed E-state index contributed by atoms with van der Waals surface area (Å²) in [6.45, 7) is 3.91. The molecule has 20 heavy (non-hydrogen) atoms. The summed E-state index contributed by atoms with van der Waals surface area (Å²) in [6, 6.07) is 8.49. The topological polar surface area (TPSA) is 44.5 Å². The van der Waals surface area contributed by atoms with Crippen LogP contribution in [0.4, 0.5) is 0 Å². The Morgan fingerprint density at radius 1 is 1.40 bits per heavy atom. The molecule has 1 saturated heterocycles. The van der Waals surface area contributed by atoms with Crippen molar-refractivity contribution >= 4 is 11.8 Å². The summed E-state index contributed by atoms with van der Waals surface area (Å²) in [5.74, 6) is 0.906. The van der Waals surface area contributed by atoms with E-state index in [4.69, 9.17) is 15.2 Å². The van der Waals surface area contributed by atoms with Crippen LogP contribution in [0.25, 0.3) is 0 Å². The SMILES string of the molecule is CCC(N)C(SC1CCOCC1)c1cccc(OC)c1. The van der Waals surface area contributed by atoms with Crippen LogP contribution in [0.15, 0.2) is 24.3 Å². The summed E-state index contributed by atoms with van der Waals surface area (Å²) in [7, 11) is 1.71. The zero-order valence-electron chi connectivity index (χ0n) is 12.4.